The van der Waals surface area contributed by atoms with Crippen LogP contribution in [-0.2, 0) is 17.9 Å². The number of aryl methyl sites for hydroxylation is 2. The minimum atomic E-state index is -0.325. The molecule has 1 saturated heterocycles. The number of hydrogen-bond acceptors (Lipinski definition) is 5. The van der Waals surface area contributed by atoms with Crippen LogP contribution in [0.2, 0.25) is 5.02 Å². The molecule has 0 bridgehead atoms. The molecule has 1 fully saturated rings. The average molecular weight is 508 g/mol. The van der Waals surface area contributed by atoms with Crippen LogP contribution in [0.15, 0.2) is 65.6 Å². The van der Waals surface area contributed by atoms with E-state index in [-0.39, 0.29) is 17.7 Å². The van der Waals surface area contributed by atoms with Crippen molar-refractivity contribution in [3.63, 3.8) is 0 Å². The van der Waals surface area contributed by atoms with E-state index in [1.54, 1.807) is 18.2 Å². The van der Waals surface area contributed by atoms with Gasteiger partial charge in [0.1, 0.15) is 6.61 Å². The number of carbonyl (C=O) groups excluding carboxylic acids is 2. The number of amides is 2. The van der Waals surface area contributed by atoms with E-state index in [2.05, 4.69) is 0 Å². The maximum absolute atomic E-state index is 13.0. The van der Waals surface area contributed by atoms with Gasteiger partial charge in [-0.1, -0.05) is 71.3 Å². The van der Waals surface area contributed by atoms with Crippen molar-refractivity contribution in [2.24, 2.45) is 0 Å². The third-order valence-corrected chi connectivity index (χ3v) is 6.66. The third-order valence-electron chi connectivity index (χ3n) is 5.47. The van der Waals surface area contributed by atoms with Crippen LogP contribution in [0.4, 0.5) is 4.79 Å². The van der Waals surface area contributed by atoms with Crippen LogP contribution in [0, 0.1) is 13.8 Å². The van der Waals surface area contributed by atoms with E-state index < -0.39 is 0 Å². The summed E-state index contributed by atoms with van der Waals surface area (Å²) in [5, 5.41) is 0.0733. The summed E-state index contributed by atoms with van der Waals surface area (Å²) in [7, 11) is 0. The molecule has 0 saturated carbocycles. The number of benzene rings is 3. The molecule has 0 atom stereocenters. The normalized spacial score (nSPS) is 14.6. The van der Waals surface area contributed by atoms with Crippen LogP contribution in [0.5, 0.6) is 11.5 Å². The lowest BCUT2D eigenvalue weighted by Crippen LogP contribution is -2.27. The Morgan fingerprint density at radius 3 is 2.17 bits per heavy atom. The van der Waals surface area contributed by atoms with Crippen molar-refractivity contribution in [3.8, 4) is 11.5 Å². The standard InChI is InChI=1S/C28H26ClNO4S/c1-4-33-24-14-22(13-23(29)26(24)34-17-21-11-7-19(3)8-12-21)15-25-27(31)30(28(32)35-25)16-20-9-5-18(2)6-10-20/h5-15H,4,16-17H2,1-3H3/b25-15-. The van der Waals surface area contributed by atoms with Gasteiger partial charge < -0.3 is 9.47 Å². The molecule has 4 rings (SSSR count). The number of imide groups is 1. The molecule has 0 unspecified atom stereocenters. The molecule has 180 valence electrons. The number of rotatable bonds is 8. The zero-order valence-corrected chi connectivity index (χ0v) is 21.4. The molecule has 0 aromatic heterocycles. The second-order valence-electron chi connectivity index (χ2n) is 8.29. The van der Waals surface area contributed by atoms with Gasteiger partial charge in [0.25, 0.3) is 11.1 Å². The fourth-order valence-corrected chi connectivity index (χ4v) is 4.69. The largest absolute Gasteiger partial charge is 0.490 e. The smallest absolute Gasteiger partial charge is 0.293 e. The molecular weight excluding hydrogens is 482 g/mol. The van der Waals surface area contributed by atoms with Gasteiger partial charge in [0.2, 0.25) is 0 Å². The monoisotopic (exact) mass is 507 g/mol. The van der Waals surface area contributed by atoms with Crippen LogP contribution >= 0.6 is 23.4 Å². The zero-order valence-electron chi connectivity index (χ0n) is 19.8. The second-order valence-corrected chi connectivity index (χ2v) is 9.69. The SMILES string of the molecule is CCOc1cc(/C=C2\SC(=O)N(Cc3ccc(C)cc3)C2=O)cc(Cl)c1OCc1ccc(C)cc1. The maximum atomic E-state index is 13.0. The van der Waals surface area contributed by atoms with Crippen molar-refractivity contribution in [2.45, 2.75) is 33.9 Å². The molecule has 2 amide bonds. The van der Waals surface area contributed by atoms with Crippen molar-refractivity contribution in [2.75, 3.05) is 6.61 Å². The Hall–Kier alpha value is -3.22. The van der Waals surface area contributed by atoms with Crippen LogP contribution in [-0.4, -0.2) is 22.7 Å². The summed E-state index contributed by atoms with van der Waals surface area (Å²) in [5.74, 6) is 0.602. The van der Waals surface area contributed by atoms with Gasteiger partial charge in [-0.2, -0.15) is 0 Å². The van der Waals surface area contributed by atoms with Crippen molar-refractivity contribution >= 4 is 40.6 Å². The molecule has 0 aliphatic carbocycles. The van der Waals surface area contributed by atoms with E-state index >= 15 is 0 Å². The number of nitrogens with zero attached hydrogens (tertiary/aromatic N) is 1. The highest BCUT2D eigenvalue weighted by Crippen LogP contribution is 2.39. The van der Waals surface area contributed by atoms with E-state index in [0.29, 0.717) is 40.2 Å². The van der Waals surface area contributed by atoms with Crippen molar-refractivity contribution in [3.05, 3.63) is 98.4 Å². The van der Waals surface area contributed by atoms with Crippen molar-refractivity contribution in [1.29, 1.82) is 0 Å². The molecule has 1 aliphatic rings. The Kier molecular flexibility index (Phi) is 7.83. The molecule has 0 N–H and O–H groups in total. The van der Waals surface area contributed by atoms with E-state index in [4.69, 9.17) is 21.1 Å². The highest BCUT2D eigenvalue weighted by Gasteiger charge is 2.35. The number of halogens is 1. The molecule has 7 heteroatoms. The summed E-state index contributed by atoms with van der Waals surface area (Å²) in [4.78, 5) is 27.1. The van der Waals surface area contributed by atoms with Gasteiger partial charge in [0.05, 0.1) is 23.1 Å². The van der Waals surface area contributed by atoms with E-state index in [9.17, 15) is 9.59 Å². The quantitative estimate of drug-likeness (QED) is 0.302. The summed E-state index contributed by atoms with van der Waals surface area (Å²) in [6, 6.07) is 19.3. The first-order valence-corrected chi connectivity index (χ1v) is 12.5. The van der Waals surface area contributed by atoms with Gasteiger partial charge in [-0.05, 0) is 67.4 Å². The zero-order chi connectivity index (χ0) is 24.9. The van der Waals surface area contributed by atoms with Crippen molar-refractivity contribution < 1.29 is 19.1 Å². The molecule has 3 aromatic rings. The first kappa shape index (κ1) is 24.9. The van der Waals surface area contributed by atoms with Crippen molar-refractivity contribution in [1.82, 2.24) is 4.90 Å². The topological polar surface area (TPSA) is 55.8 Å². The fraction of sp³-hybridized carbons (Fsp3) is 0.214. The van der Waals surface area contributed by atoms with E-state index in [1.165, 1.54) is 10.5 Å². The Labute approximate surface area is 214 Å². The van der Waals surface area contributed by atoms with Gasteiger partial charge >= 0.3 is 0 Å². The molecule has 1 heterocycles. The van der Waals surface area contributed by atoms with Gasteiger partial charge in [-0.25, -0.2) is 0 Å². The number of ether oxygens (including phenoxy) is 2. The summed E-state index contributed by atoms with van der Waals surface area (Å²) < 4.78 is 11.8. The molecule has 0 radical (unpaired) electrons. The van der Waals surface area contributed by atoms with Crippen LogP contribution in [0.3, 0.4) is 0 Å². The van der Waals surface area contributed by atoms with E-state index in [0.717, 1.165) is 28.5 Å². The Morgan fingerprint density at radius 1 is 0.914 bits per heavy atom. The number of thioether (sulfide) groups is 1. The lowest BCUT2D eigenvalue weighted by molar-refractivity contribution is -0.123. The Balaban J connectivity index is 1.54. The Bertz CT molecular complexity index is 1270. The molecule has 5 nitrogen and oxygen atoms in total. The first-order chi connectivity index (χ1) is 16.8. The molecule has 3 aromatic carbocycles. The van der Waals surface area contributed by atoms with Gasteiger partial charge in [0.15, 0.2) is 11.5 Å². The first-order valence-electron chi connectivity index (χ1n) is 11.3. The lowest BCUT2D eigenvalue weighted by Gasteiger charge is -2.15. The van der Waals surface area contributed by atoms with Crippen LogP contribution in [0.1, 0.15) is 34.7 Å². The van der Waals surface area contributed by atoms with Gasteiger partial charge in [0, 0.05) is 0 Å². The lowest BCUT2D eigenvalue weighted by atomic mass is 10.1. The summed E-state index contributed by atoms with van der Waals surface area (Å²) in [6.45, 7) is 6.91. The third kappa shape index (κ3) is 6.08. The highest BCUT2D eigenvalue weighted by atomic mass is 35.5. The highest BCUT2D eigenvalue weighted by molar-refractivity contribution is 8.18. The molecular formula is C28H26ClNO4S. The fourth-order valence-electron chi connectivity index (χ4n) is 3.58. The predicted molar refractivity (Wildman–Crippen MR) is 141 cm³/mol. The van der Waals surface area contributed by atoms with E-state index in [1.807, 2.05) is 69.3 Å². The summed E-state index contributed by atoms with van der Waals surface area (Å²) in [6.07, 6.45) is 1.66. The van der Waals surface area contributed by atoms with Crippen LogP contribution < -0.4 is 9.47 Å². The molecule has 1 aliphatic heterocycles. The minimum Gasteiger partial charge on any atom is -0.490 e. The second kappa shape index (κ2) is 11.0. The Morgan fingerprint density at radius 2 is 1.54 bits per heavy atom. The maximum Gasteiger partial charge on any atom is 0.293 e. The predicted octanol–water partition coefficient (Wildman–Crippen LogP) is 7.17. The minimum absolute atomic E-state index is 0.235. The van der Waals surface area contributed by atoms with Gasteiger partial charge in [-0.3, -0.25) is 14.5 Å². The number of carbonyl (C=O) groups is 2. The molecule has 35 heavy (non-hydrogen) atoms. The summed E-state index contributed by atoms with van der Waals surface area (Å²) in [5.41, 5.74) is 4.86. The number of hydrogen-bond donors (Lipinski definition) is 0. The molecule has 0 spiro atoms. The van der Waals surface area contributed by atoms with Gasteiger partial charge in [-0.15, -0.1) is 0 Å². The van der Waals surface area contributed by atoms with Crippen LogP contribution in [0.25, 0.3) is 6.08 Å². The summed E-state index contributed by atoms with van der Waals surface area (Å²) >= 11 is 7.48. The average Bonchev–Trinajstić information content (AvgIpc) is 3.08.